The molecule has 0 aliphatic heterocycles. The van der Waals surface area contributed by atoms with Gasteiger partial charge in [-0.2, -0.15) is 0 Å². The average molecular weight is 675 g/mol. The van der Waals surface area contributed by atoms with Crippen molar-refractivity contribution in [1.29, 1.82) is 0 Å². The van der Waals surface area contributed by atoms with Crippen LogP contribution in [0.2, 0.25) is 0 Å². The zero-order valence-electron chi connectivity index (χ0n) is 34.6. The molecule has 4 aliphatic rings. The highest BCUT2D eigenvalue weighted by molar-refractivity contribution is 5.19. The van der Waals surface area contributed by atoms with Gasteiger partial charge in [0.15, 0.2) is 0 Å². The van der Waals surface area contributed by atoms with Gasteiger partial charge in [0.05, 0.1) is 11.2 Å². The molecule has 0 heterocycles. The van der Waals surface area contributed by atoms with Crippen molar-refractivity contribution in [3.05, 3.63) is 0 Å². The lowest BCUT2D eigenvalue weighted by Gasteiger charge is -2.69. The second-order valence-corrected chi connectivity index (χ2v) is 21.1. The van der Waals surface area contributed by atoms with E-state index in [2.05, 4.69) is 104 Å². The Kier molecular flexibility index (Phi) is 13.4. The van der Waals surface area contributed by atoms with E-state index >= 15 is 0 Å². The summed E-state index contributed by atoms with van der Waals surface area (Å²) >= 11 is 0. The molecule has 4 saturated carbocycles. The second kappa shape index (κ2) is 15.8. The van der Waals surface area contributed by atoms with E-state index in [1.165, 1.54) is 70.6 Å². The zero-order chi connectivity index (χ0) is 35.8. The normalized spacial score (nSPS) is 42.1. The van der Waals surface area contributed by atoms with Crippen molar-refractivity contribution in [2.45, 2.75) is 204 Å². The maximum Gasteiger partial charge on any atom is 0.142 e. The van der Waals surface area contributed by atoms with Gasteiger partial charge in [0, 0.05) is 5.41 Å². The van der Waals surface area contributed by atoms with Crippen molar-refractivity contribution in [2.75, 3.05) is 0 Å². The molecule has 4 fully saturated rings. The third-order valence-electron chi connectivity index (χ3n) is 14.0. The molecule has 0 N–H and O–H groups in total. The van der Waals surface area contributed by atoms with Gasteiger partial charge in [-0.15, -0.1) is 0 Å². The zero-order valence-corrected chi connectivity index (χ0v) is 34.6. The molecule has 0 aromatic rings. The van der Waals surface area contributed by atoms with Gasteiger partial charge in [0.1, 0.15) is 11.7 Å². The topological polar surface area (TPSA) is 36.9 Å². The van der Waals surface area contributed by atoms with Crippen LogP contribution < -0.4 is 0 Å². The van der Waals surface area contributed by atoms with Crippen LogP contribution in [0.4, 0.5) is 0 Å². The van der Waals surface area contributed by atoms with Gasteiger partial charge in [0.25, 0.3) is 0 Å². The Labute approximate surface area is 299 Å². The lowest BCUT2D eigenvalue weighted by molar-refractivity contribution is -0.505. The standard InChI is InChI=1S/C44H82O4/c1-28(2)34-21-18-31(7)25-37(34)43(38-26-32(8)19-22-35(38)29(3)4)24-16-17-40(45-46-41(10,11)12)44(43,48-47-42(13,14)15)39-27-33(9)20-23-36(39)30(5)6/h28-40H,16-27H2,1-15H3. The fourth-order valence-corrected chi connectivity index (χ4v) is 12.1. The molecule has 4 aliphatic carbocycles. The fraction of sp³-hybridized carbons (Fsp3) is 1.00. The van der Waals surface area contributed by atoms with Gasteiger partial charge in [-0.05, 0) is 170 Å². The quantitative estimate of drug-likeness (QED) is 0.171. The molecule has 0 aromatic carbocycles. The Morgan fingerprint density at radius 3 is 1.31 bits per heavy atom. The summed E-state index contributed by atoms with van der Waals surface area (Å²) in [5.74, 6) is 7.30. The van der Waals surface area contributed by atoms with Crippen molar-refractivity contribution in [3.8, 4) is 0 Å². The molecule has 0 saturated heterocycles. The first kappa shape index (κ1) is 40.6. The molecular weight excluding hydrogens is 592 g/mol. The molecule has 4 rings (SSSR count). The third kappa shape index (κ3) is 8.55. The van der Waals surface area contributed by atoms with E-state index in [0.717, 1.165) is 18.3 Å². The number of hydrogen-bond acceptors (Lipinski definition) is 4. The van der Waals surface area contributed by atoms with Crippen LogP contribution >= 0.6 is 0 Å². The molecule has 0 bridgehead atoms. The molecule has 11 atom stereocenters. The molecule has 0 amide bonds. The van der Waals surface area contributed by atoms with E-state index in [1.807, 2.05) is 0 Å². The summed E-state index contributed by atoms with van der Waals surface area (Å²) < 4.78 is 0. The fourth-order valence-electron chi connectivity index (χ4n) is 12.1. The van der Waals surface area contributed by atoms with E-state index in [4.69, 9.17) is 19.6 Å². The Bertz CT molecular complexity index is 957. The van der Waals surface area contributed by atoms with E-state index < -0.39 is 16.8 Å². The molecule has 48 heavy (non-hydrogen) atoms. The van der Waals surface area contributed by atoms with E-state index in [0.29, 0.717) is 59.2 Å². The maximum atomic E-state index is 7.73. The summed E-state index contributed by atoms with van der Waals surface area (Å²) in [6.07, 6.45) is 14.8. The summed E-state index contributed by atoms with van der Waals surface area (Å²) in [5.41, 5.74) is -1.54. The van der Waals surface area contributed by atoms with Gasteiger partial charge in [0.2, 0.25) is 0 Å². The lowest BCUT2D eigenvalue weighted by Crippen LogP contribution is -2.74. The molecule has 4 nitrogen and oxygen atoms in total. The minimum Gasteiger partial charge on any atom is -0.231 e. The number of hydrogen-bond donors (Lipinski definition) is 0. The van der Waals surface area contributed by atoms with E-state index in [-0.39, 0.29) is 11.5 Å². The Balaban J connectivity index is 2.15. The number of rotatable bonds is 10. The minimum absolute atomic E-state index is 0.0789. The smallest absolute Gasteiger partial charge is 0.142 e. The highest BCUT2D eigenvalue weighted by Gasteiger charge is 2.73. The highest BCUT2D eigenvalue weighted by atomic mass is 17.2. The Hall–Kier alpha value is -0.160. The lowest BCUT2D eigenvalue weighted by atomic mass is 9.38. The van der Waals surface area contributed by atoms with Crippen LogP contribution in [0, 0.1) is 76.4 Å². The Morgan fingerprint density at radius 1 is 0.521 bits per heavy atom. The Morgan fingerprint density at radius 2 is 0.917 bits per heavy atom. The SMILES string of the molecule is CC1CCC(C(C)C)C(C2(C3CC(C)CCC3C(C)C)CCCC(OOC(C)(C)C)C2(OOC(C)(C)C)C2CC(C)CCC2C(C)C)C1. The molecule has 0 aromatic heterocycles. The van der Waals surface area contributed by atoms with Gasteiger partial charge in [-0.3, -0.25) is 0 Å². The summed E-state index contributed by atoms with van der Waals surface area (Å²) in [7, 11) is 0. The predicted molar refractivity (Wildman–Crippen MR) is 201 cm³/mol. The van der Waals surface area contributed by atoms with Crippen LogP contribution in [-0.2, 0) is 19.6 Å². The minimum atomic E-state index is -0.614. The van der Waals surface area contributed by atoms with Gasteiger partial charge in [-0.25, -0.2) is 19.6 Å². The first-order chi connectivity index (χ1) is 22.2. The summed E-state index contributed by atoms with van der Waals surface area (Å²) in [4.78, 5) is 28.1. The van der Waals surface area contributed by atoms with Gasteiger partial charge < -0.3 is 0 Å². The third-order valence-corrected chi connectivity index (χ3v) is 14.0. The predicted octanol–water partition coefficient (Wildman–Crippen LogP) is 12.9. The molecule has 4 heteroatoms. The largest absolute Gasteiger partial charge is 0.231 e. The average Bonchev–Trinajstić information content (AvgIpc) is 2.97. The molecule has 11 unspecified atom stereocenters. The maximum absolute atomic E-state index is 7.73. The van der Waals surface area contributed by atoms with E-state index in [9.17, 15) is 0 Å². The van der Waals surface area contributed by atoms with Crippen LogP contribution in [0.25, 0.3) is 0 Å². The van der Waals surface area contributed by atoms with Crippen molar-refractivity contribution in [1.82, 2.24) is 0 Å². The first-order valence-corrected chi connectivity index (χ1v) is 20.9. The monoisotopic (exact) mass is 675 g/mol. The van der Waals surface area contributed by atoms with Crippen LogP contribution in [0.15, 0.2) is 0 Å². The van der Waals surface area contributed by atoms with Crippen molar-refractivity contribution in [3.63, 3.8) is 0 Å². The van der Waals surface area contributed by atoms with Crippen LogP contribution in [0.1, 0.15) is 181 Å². The summed E-state index contributed by atoms with van der Waals surface area (Å²) in [5, 5.41) is 0. The highest BCUT2D eigenvalue weighted by Crippen LogP contribution is 2.70. The molecular formula is C44H82O4. The van der Waals surface area contributed by atoms with Crippen molar-refractivity contribution < 1.29 is 19.6 Å². The van der Waals surface area contributed by atoms with Crippen molar-refractivity contribution >= 4 is 0 Å². The van der Waals surface area contributed by atoms with Crippen LogP contribution in [0.3, 0.4) is 0 Å². The molecule has 0 radical (unpaired) electrons. The molecule has 282 valence electrons. The molecule has 0 spiro atoms. The van der Waals surface area contributed by atoms with Crippen LogP contribution in [-0.4, -0.2) is 22.9 Å². The van der Waals surface area contributed by atoms with Crippen LogP contribution in [0.5, 0.6) is 0 Å². The van der Waals surface area contributed by atoms with Crippen molar-refractivity contribution in [2.24, 2.45) is 76.4 Å². The van der Waals surface area contributed by atoms with E-state index in [1.54, 1.807) is 0 Å². The first-order valence-electron chi connectivity index (χ1n) is 20.9. The van der Waals surface area contributed by atoms with Gasteiger partial charge >= 0.3 is 0 Å². The second-order valence-electron chi connectivity index (χ2n) is 21.1. The summed E-state index contributed by atoms with van der Waals surface area (Å²) in [6.45, 7) is 35.6. The van der Waals surface area contributed by atoms with Gasteiger partial charge in [-0.1, -0.05) is 81.6 Å². The summed E-state index contributed by atoms with van der Waals surface area (Å²) in [6, 6.07) is 0.